The minimum Gasteiger partial charge on any atom is -0.383 e. The molecule has 1 aromatic rings. The van der Waals surface area contributed by atoms with Crippen LogP contribution in [0.15, 0.2) is 6.20 Å². The van der Waals surface area contributed by atoms with Crippen LogP contribution in [-0.4, -0.2) is 36.3 Å². The summed E-state index contributed by atoms with van der Waals surface area (Å²) in [6.07, 6.45) is 4.28. The van der Waals surface area contributed by atoms with E-state index in [4.69, 9.17) is 16.3 Å². The second-order valence-corrected chi connectivity index (χ2v) is 4.60. The maximum Gasteiger partial charge on any atom is 0.225 e. The molecule has 4 nitrogen and oxygen atoms in total. The van der Waals surface area contributed by atoms with E-state index in [-0.39, 0.29) is 0 Å². The molecule has 1 saturated carbocycles. The molecule has 1 aliphatic rings. The van der Waals surface area contributed by atoms with Crippen molar-refractivity contribution >= 4 is 17.5 Å². The summed E-state index contributed by atoms with van der Waals surface area (Å²) in [5.41, 5.74) is 1.96. The molecule has 1 aromatic heterocycles. The van der Waals surface area contributed by atoms with Crippen molar-refractivity contribution in [2.45, 2.75) is 31.7 Å². The van der Waals surface area contributed by atoms with Crippen LogP contribution in [-0.2, 0) is 10.6 Å². The normalized spacial score (nSPS) is 15.0. The molecule has 0 N–H and O–H groups in total. The van der Waals surface area contributed by atoms with Gasteiger partial charge in [0.25, 0.3) is 0 Å². The first kappa shape index (κ1) is 12.6. The minimum absolute atomic E-state index is 0.466. The van der Waals surface area contributed by atoms with Crippen molar-refractivity contribution in [1.82, 2.24) is 9.97 Å². The van der Waals surface area contributed by atoms with Crippen LogP contribution in [0.2, 0.25) is 0 Å². The van der Waals surface area contributed by atoms with E-state index < -0.39 is 0 Å². The fourth-order valence-corrected chi connectivity index (χ4v) is 2.03. The van der Waals surface area contributed by atoms with Gasteiger partial charge >= 0.3 is 0 Å². The lowest BCUT2D eigenvalue weighted by atomic mass is 10.3. The van der Waals surface area contributed by atoms with E-state index >= 15 is 0 Å². The van der Waals surface area contributed by atoms with E-state index in [1.165, 1.54) is 12.8 Å². The Balaban J connectivity index is 2.14. The number of rotatable bonds is 6. The predicted molar refractivity (Wildman–Crippen MR) is 68.6 cm³/mol. The highest BCUT2D eigenvalue weighted by Gasteiger charge is 2.30. The third kappa shape index (κ3) is 3.07. The Bertz CT molecular complexity index is 382. The second kappa shape index (κ2) is 5.65. The van der Waals surface area contributed by atoms with Gasteiger partial charge in [0.05, 0.1) is 12.5 Å². The molecule has 0 radical (unpaired) electrons. The van der Waals surface area contributed by atoms with Gasteiger partial charge in [-0.05, 0) is 19.8 Å². The molecule has 0 amide bonds. The number of anilines is 1. The Morgan fingerprint density at radius 3 is 2.82 bits per heavy atom. The average molecular weight is 256 g/mol. The molecule has 5 heteroatoms. The monoisotopic (exact) mass is 255 g/mol. The lowest BCUT2D eigenvalue weighted by Gasteiger charge is -2.22. The van der Waals surface area contributed by atoms with Crippen molar-refractivity contribution in [3.63, 3.8) is 0 Å². The van der Waals surface area contributed by atoms with Crippen molar-refractivity contribution in [2.75, 3.05) is 25.2 Å². The highest BCUT2D eigenvalue weighted by Crippen LogP contribution is 2.29. The van der Waals surface area contributed by atoms with Gasteiger partial charge in [0, 0.05) is 37.2 Å². The van der Waals surface area contributed by atoms with Crippen LogP contribution < -0.4 is 4.90 Å². The first-order valence-electron chi connectivity index (χ1n) is 5.90. The van der Waals surface area contributed by atoms with Crippen molar-refractivity contribution in [3.8, 4) is 0 Å². The van der Waals surface area contributed by atoms with Gasteiger partial charge in [0.15, 0.2) is 0 Å². The molecule has 0 bridgehead atoms. The lowest BCUT2D eigenvalue weighted by molar-refractivity contribution is 0.204. The zero-order valence-corrected chi connectivity index (χ0v) is 11.1. The topological polar surface area (TPSA) is 38.2 Å². The molecule has 0 unspecified atom stereocenters. The summed E-state index contributed by atoms with van der Waals surface area (Å²) in [7, 11) is 1.72. The van der Waals surface area contributed by atoms with E-state index in [2.05, 4.69) is 14.9 Å². The third-order valence-electron chi connectivity index (χ3n) is 2.99. The maximum atomic E-state index is 5.81. The molecule has 0 atom stereocenters. The number of aryl methyl sites for hydroxylation is 1. The summed E-state index contributed by atoms with van der Waals surface area (Å²) >= 11 is 5.81. The molecule has 0 aliphatic heterocycles. The molecular weight excluding hydrogens is 238 g/mol. The SMILES string of the molecule is COCCN(c1ncc(CCl)c(C)n1)C1CC1. The van der Waals surface area contributed by atoms with E-state index in [1.54, 1.807) is 7.11 Å². The fourth-order valence-electron chi connectivity index (χ4n) is 1.77. The number of alkyl halides is 1. The van der Waals surface area contributed by atoms with Crippen LogP contribution in [0.3, 0.4) is 0 Å². The van der Waals surface area contributed by atoms with E-state index in [9.17, 15) is 0 Å². The molecule has 94 valence electrons. The zero-order valence-electron chi connectivity index (χ0n) is 10.3. The van der Waals surface area contributed by atoms with Crippen molar-refractivity contribution in [3.05, 3.63) is 17.5 Å². The van der Waals surface area contributed by atoms with Gasteiger partial charge in [-0.25, -0.2) is 9.97 Å². The van der Waals surface area contributed by atoms with Gasteiger partial charge in [0.2, 0.25) is 5.95 Å². The Morgan fingerprint density at radius 1 is 1.53 bits per heavy atom. The number of nitrogens with zero attached hydrogens (tertiary/aromatic N) is 3. The van der Waals surface area contributed by atoms with Crippen LogP contribution in [0.5, 0.6) is 0 Å². The van der Waals surface area contributed by atoms with Crippen LogP contribution >= 0.6 is 11.6 Å². The van der Waals surface area contributed by atoms with Crippen LogP contribution in [0.4, 0.5) is 5.95 Å². The standard InChI is InChI=1S/C12H18ClN3O/c1-9-10(7-13)8-14-12(15-9)16(5-6-17-2)11-3-4-11/h8,11H,3-7H2,1-2H3. The molecule has 1 fully saturated rings. The number of hydrogen-bond acceptors (Lipinski definition) is 4. The molecule has 0 spiro atoms. The number of methoxy groups -OCH3 is 1. The third-order valence-corrected chi connectivity index (χ3v) is 3.28. The van der Waals surface area contributed by atoms with Gasteiger partial charge in [-0.15, -0.1) is 11.6 Å². The summed E-state index contributed by atoms with van der Waals surface area (Å²) in [5, 5.41) is 0. The van der Waals surface area contributed by atoms with E-state index in [1.807, 2.05) is 13.1 Å². The van der Waals surface area contributed by atoms with Crippen molar-refractivity contribution < 1.29 is 4.74 Å². The molecule has 2 rings (SSSR count). The predicted octanol–water partition coefficient (Wildman–Crippen LogP) is 2.14. The van der Waals surface area contributed by atoms with Crippen molar-refractivity contribution in [2.24, 2.45) is 0 Å². The fraction of sp³-hybridized carbons (Fsp3) is 0.667. The Morgan fingerprint density at radius 2 is 2.29 bits per heavy atom. The summed E-state index contributed by atoms with van der Waals surface area (Å²) in [6.45, 7) is 3.53. The highest BCUT2D eigenvalue weighted by atomic mass is 35.5. The molecular formula is C12H18ClN3O. The quantitative estimate of drug-likeness (QED) is 0.730. The maximum absolute atomic E-state index is 5.81. The molecule has 1 heterocycles. The molecule has 17 heavy (non-hydrogen) atoms. The number of aromatic nitrogens is 2. The smallest absolute Gasteiger partial charge is 0.225 e. The highest BCUT2D eigenvalue weighted by molar-refractivity contribution is 6.17. The summed E-state index contributed by atoms with van der Waals surface area (Å²) in [6, 6.07) is 0.589. The zero-order chi connectivity index (χ0) is 12.3. The lowest BCUT2D eigenvalue weighted by Crippen LogP contribution is -2.31. The molecule has 1 aliphatic carbocycles. The van der Waals surface area contributed by atoms with E-state index in [0.29, 0.717) is 18.5 Å². The second-order valence-electron chi connectivity index (χ2n) is 4.33. The van der Waals surface area contributed by atoms with Crippen LogP contribution in [0.25, 0.3) is 0 Å². The van der Waals surface area contributed by atoms with Gasteiger partial charge in [-0.2, -0.15) is 0 Å². The number of hydrogen-bond donors (Lipinski definition) is 0. The van der Waals surface area contributed by atoms with Gasteiger partial charge in [-0.1, -0.05) is 0 Å². The van der Waals surface area contributed by atoms with Gasteiger partial charge < -0.3 is 9.64 Å². The minimum atomic E-state index is 0.466. The number of ether oxygens (including phenoxy) is 1. The van der Waals surface area contributed by atoms with Crippen LogP contribution in [0, 0.1) is 6.92 Å². The summed E-state index contributed by atoms with van der Waals surface area (Å²) in [4.78, 5) is 11.2. The number of halogens is 1. The van der Waals surface area contributed by atoms with Crippen molar-refractivity contribution in [1.29, 1.82) is 0 Å². The van der Waals surface area contributed by atoms with Crippen LogP contribution in [0.1, 0.15) is 24.1 Å². The first-order chi connectivity index (χ1) is 8.26. The van der Waals surface area contributed by atoms with E-state index in [0.717, 1.165) is 23.8 Å². The van der Waals surface area contributed by atoms with Gasteiger partial charge in [0.1, 0.15) is 0 Å². The molecule has 0 aromatic carbocycles. The first-order valence-corrected chi connectivity index (χ1v) is 6.43. The summed E-state index contributed by atoms with van der Waals surface area (Å²) < 4.78 is 5.13. The largest absolute Gasteiger partial charge is 0.383 e. The average Bonchev–Trinajstić information content (AvgIpc) is 3.14. The van der Waals surface area contributed by atoms with Gasteiger partial charge in [-0.3, -0.25) is 0 Å². The summed E-state index contributed by atoms with van der Waals surface area (Å²) in [5.74, 6) is 1.27. The Hall–Kier alpha value is -0.870. The Labute approximate surface area is 107 Å². The molecule has 0 saturated heterocycles. The Kier molecular flexibility index (Phi) is 4.18.